The van der Waals surface area contributed by atoms with Crippen LogP contribution >= 0.6 is 0 Å². The zero-order valence-corrected chi connectivity index (χ0v) is 20.2. The molecule has 3 aromatic rings. The highest BCUT2D eigenvalue weighted by Gasteiger charge is 2.40. The molecule has 6 nitrogen and oxygen atoms in total. The number of benzene rings is 3. The SMILES string of the molecule is COc1ccc(N(CC(=O)N(c2ccccc2)C(C)C)S(=O)(=O)c2ccccc2C(F)(F)F)cc1. The maximum Gasteiger partial charge on any atom is 0.417 e. The van der Waals surface area contributed by atoms with Gasteiger partial charge >= 0.3 is 6.18 Å². The maximum absolute atomic E-state index is 13.7. The number of para-hydroxylation sites is 1. The number of methoxy groups -OCH3 is 1. The van der Waals surface area contributed by atoms with Crippen molar-refractivity contribution in [2.45, 2.75) is 31.0 Å². The lowest BCUT2D eigenvalue weighted by Crippen LogP contribution is -2.46. The van der Waals surface area contributed by atoms with Crippen LogP contribution in [0.4, 0.5) is 24.5 Å². The minimum atomic E-state index is -4.91. The van der Waals surface area contributed by atoms with Crippen molar-refractivity contribution in [1.29, 1.82) is 0 Å². The monoisotopic (exact) mass is 506 g/mol. The first kappa shape index (κ1) is 26.1. The lowest BCUT2D eigenvalue weighted by Gasteiger charge is -2.31. The average Bonchev–Trinajstić information content (AvgIpc) is 2.82. The predicted molar refractivity (Wildman–Crippen MR) is 128 cm³/mol. The van der Waals surface area contributed by atoms with Gasteiger partial charge in [0.15, 0.2) is 0 Å². The van der Waals surface area contributed by atoms with Gasteiger partial charge < -0.3 is 9.64 Å². The average molecular weight is 507 g/mol. The lowest BCUT2D eigenvalue weighted by molar-refractivity contribution is -0.139. The van der Waals surface area contributed by atoms with Crippen LogP contribution < -0.4 is 13.9 Å². The Balaban J connectivity index is 2.13. The number of alkyl halides is 3. The van der Waals surface area contributed by atoms with Gasteiger partial charge in [-0.1, -0.05) is 30.3 Å². The van der Waals surface area contributed by atoms with Crippen LogP contribution in [0.2, 0.25) is 0 Å². The molecule has 35 heavy (non-hydrogen) atoms. The van der Waals surface area contributed by atoms with E-state index in [4.69, 9.17) is 4.74 Å². The number of rotatable bonds is 8. The zero-order valence-electron chi connectivity index (χ0n) is 19.4. The lowest BCUT2D eigenvalue weighted by atomic mass is 10.2. The van der Waals surface area contributed by atoms with E-state index in [0.717, 1.165) is 12.1 Å². The Morgan fingerprint density at radius 3 is 2.00 bits per heavy atom. The number of carbonyl (C=O) groups is 1. The molecule has 10 heteroatoms. The van der Waals surface area contributed by atoms with Gasteiger partial charge in [-0.3, -0.25) is 9.10 Å². The fraction of sp³-hybridized carbons (Fsp3) is 0.240. The van der Waals surface area contributed by atoms with Crippen LogP contribution in [0.25, 0.3) is 0 Å². The summed E-state index contributed by atoms with van der Waals surface area (Å²) in [5.74, 6) is -0.184. The maximum atomic E-state index is 13.7. The smallest absolute Gasteiger partial charge is 0.417 e. The van der Waals surface area contributed by atoms with Crippen molar-refractivity contribution in [3.05, 3.63) is 84.4 Å². The Morgan fingerprint density at radius 2 is 1.46 bits per heavy atom. The molecule has 0 bridgehead atoms. The summed E-state index contributed by atoms with van der Waals surface area (Å²) in [6.45, 7) is 2.81. The third-order valence-corrected chi connectivity index (χ3v) is 7.05. The number of ether oxygens (including phenoxy) is 1. The van der Waals surface area contributed by atoms with Gasteiger partial charge in [0.2, 0.25) is 5.91 Å². The van der Waals surface area contributed by atoms with Crippen molar-refractivity contribution in [2.24, 2.45) is 0 Å². The number of carbonyl (C=O) groups excluding carboxylic acids is 1. The van der Waals surface area contributed by atoms with Crippen LogP contribution in [0.5, 0.6) is 5.75 Å². The summed E-state index contributed by atoms with van der Waals surface area (Å²) in [6, 6.07) is 17.9. The van der Waals surface area contributed by atoms with Gasteiger partial charge in [0.1, 0.15) is 12.3 Å². The summed E-state index contributed by atoms with van der Waals surface area (Å²) in [7, 11) is -3.38. The molecule has 186 valence electrons. The Morgan fingerprint density at radius 1 is 0.886 bits per heavy atom. The van der Waals surface area contributed by atoms with E-state index in [1.807, 2.05) is 0 Å². The van der Waals surface area contributed by atoms with Crippen LogP contribution in [-0.4, -0.2) is 34.0 Å². The summed E-state index contributed by atoms with van der Waals surface area (Å²) < 4.78 is 74.1. The molecule has 3 aromatic carbocycles. The number of anilines is 2. The molecule has 0 aromatic heterocycles. The molecule has 0 heterocycles. The molecule has 0 spiro atoms. The first-order valence-electron chi connectivity index (χ1n) is 10.7. The Labute approximate surface area is 202 Å². The number of hydrogen-bond donors (Lipinski definition) is 0. The quantitative estimate of drug-likeness (QED) is 0.413. The number of hydrogen-bond acceptors (Lipinski definition) is 4. The molecule has 0 aliphatic rings. The summed E-state index contributed by atoms with van der Waals surface area (Å²) in [6.07, 6.45) is -4.91. The highest BCUT2D eigenvalue weighted by atomic mass is 32.2. The molecule has 3 rings (SSSR count). The topological polar surface area (TPSA) is 66.9 Å². The van der Waals surface area contributed by atoms with Gasteiger partial charge in [-0.25, -0.2) is 8.42 Å². The molecule has 0 saturated heterocycles. The van der Waals surface area contributed by atoms with E-state index < -0.39 is 39.1 Å². The van der Waals surface area contributed by atoms with Gasteiger partial charge in [-0.15, -0.1) is 0 Å². The molecule has 0 unspecified atom stereocenters. The van der Waals surface area contributed by atoms with Crippen LogP contribution in [0.15, 0.2) is 83.8 Å². The number of sulfonamides is 1. The van der Waals surface area contributed by atoms with Crippen LogP contribution in [0, 0.1) is 0 Å². The third-order valence-electron chi connectivity index (χ3n) is 5.22. The van der Waals surface area contributed by atoms with Gasteiger partial charge in [0.05, 0.1) is 23.3 Å². The van der Waals surface area contributed by atoms with Crippen LogP contribution in [0.1, 0.15) is 19.4 Å². The van der Waals surface area contributed by atoms with Crippen molar-refractivity contribution in [2.75, 3.05) is 22.9 Å². The molecule has 1 amide bonds. The summed E-state index contributed by atoms with van der Waals surface area (Å²) in [5, 5.41) is 0. The summed E-state index contributed by atoms with van der Waals surface area (Å²) in [4.78, 5) is 13.9. The summed E-state index contributed by atoms with van der Waals surface area (Å²) in [5.41, 5.74) is -0.752. The Kier molecular flexibility index (Phi) is 7.74. The van der Waals surface area contributed by atoms with Gasteiger partial charge in [0.25, 0.3) is 10.0 Å². The van der Waals surface area contributed by atoms with E-state index in [2.05, 4.69) is 0 Å². The van der Waals surface area contributed by atoms with Crippen molar-refractivity contribution in [3.8, 4) is 5.75 Å². The fourth-order valence-electron chi connectivity index (χ4n) is 3.63. The molecule has 0 N–H and O–H groups in total. The second kappa shape index (κ2) is 10.4. The van der Waals surface area contributed by atoms with E-state index in [0.29, 0.717) is 21.8 Å². The summed E-state index contributed by atoms with van der Waals surface area (Å²) >= 11 is 0. The Hall–Kier alpha value is -3.53. The molecule has 0 aliphatic carbocycles. The minimum Gasteiger partial charge on any atom is -0.497 e. The van der Waals surface area contributed by atoms with E-state index >= 15 is 0 Å². The third kappa shape index (κ3) is 5.76. The normalized spacial score (nSPS) is 11.9. The number of halogens is 3. The second-order valence-corrected chi connectivity index (χ2v) is 9.73. The number of nitrogens with zero attached hydrogens (tertiary/aromatic N) is 2. The van der Waals surface area contributed by atoms with Gasteiger partial charge in [-0.05, 0) is 62.4 Å². The van der Waals surface area contributed by atoms with Crippen molar-refractivity contribution in [1.82, 2.24) is 0 Å². The molecule has 0 radical (unpaired) electrons. The highest BCUT2D eigenvalue weighted by Crippen LogP contribution is 2.36. The van der Waals surface area contributed by atoms with E-state index in [1.54, 1.807) is 44.2 Å². The molecular formula is C25H25F3N2O4S. The molecule has 0 aliphatic heterocycles. The van der Waals surface area contributed by atoms with Crippen LogP contribution in [0.3, 0.4) is 0 Å². The fourth-order valence-corrected chi connectivity index (χ4v) is 5.26. The van der Waals surface area contributed by atoms with Crippen LogP contribution in [-0.2, 0) is 21.0 Å². The largest absolute Gasteiger partial charge is 0.497 e. The van der Waals surface area contributed by atoms with Crippen molar-refractivity contribution < 1.29 is 31.1 Å². The number of amides is 1. The van der Waals surface area contributed by atoms with Crippen molar-refractivity contribution >= 4 is 27.3 Å². The highest BCUT2D eigenvalue weighted by molar-refractivity contribution is 7.93. The molecule has 0 saturated carbocycles. The predicted octanol–water partition coefficient (Wildman–Crippen LogP) is 5.35. The van der Waals surface area contributed by atoms with E-state index in [9.17, 15) is 26.4 Å². The Bertz CT molecular complexity index is 1260. The standard InChI is InChI=1S/C25H25F3N2O4S/c1-18(2)30(20-9-5-4-6-10-20)24(31)17-29(19-13-15-21(34-3)16-14-19)35(32,33)23-12-8-7-11-22(23)25(26,27)28/h4-16,18H,17H2,1-3H3. The molecular weight excluding hydrogens is 481 g/mol. The minimum absolute atomic E-state index is 0.0212. The van der Waals surface area contributed by atoms with E-state index in [1.165, 1.54) is 42.3 Å². The van der Waals surface area contributed by atoms with Crippen molar-refractivity contribution in [3.63, 3.8) is 0 Å². The van der Waals surface area contributed by atoms with E-state index in [-0.39, 0.29) is 11.7 Å². The first-order valence-corrected chi connectivity index (χ1v) is 12.1. The first-order chi connectivity index (χ1) is 16.5. The molecule has 0 atom stereocenters. The molecule has 0 fully saturated rings. The zero-order chi connectivity index (χ0) is 25.8. The van der Waals surface area contributed by atoms with Gasteiger partial charge in [-0.2, -0.15) is 13.2 Å². The van der Waals surface area contributed by atoms with Gasteiger partial charge in [0, 0.05) is 11.7 Å². The second-order valence-electron chi connectivity index (χ2n) is 7.90.